The van der Waals surface area contributed by atoms with Gasteiger partial charge in [0, 0.05) is 26.2 Å². The highest BCUT2D eigenvalue weighted by Gasteiger charge is 2.16. The Morgan fingerprint density at radius 3 is 2.77 bits per heavy atom. The Hall–Kier alpha value is -2.34. The number of piperazine rings is 1. The van der Waals surface area contributed by atoms with Crippen LogP contribution in [0.1, 0.15) is 16.2 Å². The minimum absolute atomic E-state index is 0.188. The number of pyridine rings is 1. The van der Waals surface area contributed by atoms with Gasteiger partial charge in [-0.05, 0) is 31.3 Å². The summed E-state index contributed by atoms with van der Waals surface area (Å²) in [7, 11) is 2.11. The molecule has 6 nitrogen and oxygen atoms in total. The lowest BCUT2D eigenvalue weighted by Gasteiger charge is -2.33. The lowest BCUT2D eigenvalue weighted by molar-refractivity contribution is 0.0943. The molecule has 1 amide bonds. The molecule has 6 heteroatoms. The topological polar surface area (TPSA) is 61.6 Å². The monoisotopic (exact) mass is 300 g/mol. The molecule has 3 heterocycles. The number of nitrogens with zero attached hydrogens (tertiary/aromatic N) is 3. The van der Waals surface area contributed by atoms with Crippen LogP contribution in [-0.4, -0.2) is 49.0 Å². The number of hydrogen-bond acceptors (Lipinski definition) is 5. The SMILES string of the molecule is CN1CCN(c2cccc(C(=O)NCc3ccco3)n2)CC1. The van der Waals surface area contributed by atoms with Crippen LogP contribution in [0.4, 0.5) is 5.82 Å². The Kier molecular flexibility index (Phi) is 4.39. The number of carbonyl (C=O) groups excluding carboxylic acids is 1. The standard InChI is InChI=1S/C16H20N4O2/c1-19-7-9-20(10-8-19)15-6-2-5-14(18-15)16(21)17-12-13-4-3-11-22-13/h2-6,11H,7-10,12H2,1H3,(H,17,21). The predicted molar refractivity (Wildman–Crippen MR) is 83.8 cm³/mol. The van der Waals surface area contributed by atoms with E-state index in [9.17, 15) is 4.79 Å². The zero-order chi connectivity index (χ0) is 15.4. The predicted octanol–water partition coefficient (Wildman–Crippen LogP) is 1.36. The lowest BCUT2D eigenvalue weighted by atomic mass is 10.3. The van der Waals surface area contributed by atoms with Crippen molar-refractivity contribution in [1.29, 1.82) is 0 Å². The molecule has 0 bridgehead atoms. The summed E-state index contributed by atoms with van der Waals surface area (Å²) in [5.74, 6) is 1.40. The smallest absolute Gasteiger partial charge is 0.270 e. The quantitative estimate of drug-likeness (QED) is 0.923. The molecule has 1 aliphatic heterocycles. The highest BCUT2D eigenvalue weighted by Crippen LogP contribution is 2.14. The van der Waals surface area contributed by atoms with E-state index in [0.717, 1.165) is 37.8 Å². The molecule has 0 aliphatic carbocycles. The van der Waals surface area contributed by atoms with Crippen molar-refractivity contribution >= 4 is 11.7 Å². The van der Waals surface area contributed by atoms with Gasteiger partial charge in [0.15, 0.2) is 0 Å². The largest absolute Gasteiger partial charge is 0.467 e. The van der Waals surface area contributed by atoms with Crippen molar-refractivity contribution in [2.75, 3.05) is 38.1 Å². The fraction of sp³-hybridized carbons (Fsp3) is 0.375. The Morgan fingerprint density at radius 2 is 2.05 bits per heavy atom. The number of aromatic nitrogens is 1. The number of hydrogen-bond donors (Lipinski definition) is 1. The molecule has 2 aromatic rings. The van der Waals surface area contributed by atoms with Gasteiger partial charge in [0.25, 0.3) is 5.91 Å². The van der Waals surface area contributed by atoms with Gasteiger partial charge in [0.05, 0.1) is 12.8 Å². The van der Waals surface area contributed by atoms with Crippen molar-refractivity contribution in [2.24, 2.45) is 0 Å². The summed E-state index contributed by atoms with van der Waals surface area (Å²) in [6, 6.07) is 9.19. The summed E-state index contributed by atoms with van der Waals surface area (Å²) in [4.78, 5) is 21.2. The molecular formula is C16H20N4O2. The minimum Gasteiger partial charge on any atom is -0.467 e. The summed E-state index contributed by atoms with van der Waals surface area (Å²) >= 11 is 0. The zero-order valence-electron chi connectivity index (χ0n) is 12.7. The average molecular weight is 300 g/mol. The van der Waals surface area contributed by atoms with E-state index in [4.69, 9.17) is 4.42 Å². The van der Waals surface area contributed by atoms with Crippen molar-refractivity contribution in [3.63, 3.8) is 0 Å². The van der Waals surface area contributed by atoms with Crippen molar-refractivity contribution < 1.29 is 9.21 Å². The number of furan rings is 1. The van der Waals surface area contributed by atoms with Crippen LogP contribution in [0.3, 0.4) is 0 Å². The van der Waals surface area contributed by atoms with Crippen LogP contribution in [0.25, 0.3) is 0 Å². The second-order valence-corrected chi connectivity index (χ2v) is 5.43. The molecule has 1 fully saturated rings. The second-order valence-electron chi connectivity index (χ2n) is 5.43. The Bertz CT molecular complexity index is 619. The molecule has 1 aliphatic rings. The summed E-state index contributed by atoms with van der Waals surface area (Å²) < 4.78 is 5.20. The van der Waals surface area contributed by atoms with E-state index in [2.05, 4.69) is 27.1 Å². The third-order valence-corrected chi connectivity index (χ3v) is 3.80. The number of rotatable bonds is 4. The van der Waals surface area contributed by atoms with Crippen molar-refractivity contribution in [1.82, 2.24) is 15.2 Å². The first-order valence-corrected chi connectivity index (χ1v) is 7.43. The molecule has 0 unspecified atom stereocenters. The van der Waals surface area contributed by atoms with Crippen LogP contribution in [0.2, 0.25) is 0 Å². The summed E-state index contributed by atoms with van der Waals surface area (Å²) in [6.07, 6.45) is 1.59. The van der Waals surface area contributed by atoms with Crippen LogP contribution in [-0.2, 0) is 6.54 Å². The first kappa shape index (κ1) is 14.6. The number of likely N-dealkylation sites (N-methyl/N-ethyl adjacent to an activating group) is 1. The molecule has 3 rings (SSSR count). The molecule has 0 radical (unpaired) electrons. The zero-order valence-corrected chi connectivity index (χ0v) is 12.7. The molecule has 0 aromatic carbocycles. The van der Waals surface area contributed by atoms with E-state index in [1.54, 1.807) is 18.4 Å². The van der Waals surface area contributed by atoms with Gasteiger partial charge in [0.1, 0.15) is 17.3 Å². The Balaban J connectivity index is 1.64. The van der Waals surface area contributed by atoms with Gasteiger partial charge < -0.3 is 19.5 Å². The maximum absolute atomic E-state index is 12.2. The van der Waals surface area contributed by atoms with Crippen LogP contribution >= 0.6 is 0 Å². The maximum Gasteiger partial charge on any atom is 0.270 e. The molecule has 1 saturated heterocycles. The van der Waals surface area contributed by atoms with E-state index >= 15 is 0 Å². The van der Waals surface area contributed by atoms with Gasteiger partial charge in [-0.15, -0.1) is 0 Å². The van der Waals surface area contributed by atoms with Crippen molar-refractivity contribution in [2.45, 2.75) is 6.54 Å². The molecule has 0 spiro atoms. The first-order chi connectivity index (χ1) is 10.7. The number of amides is 1. The van der Waals surface area contributed by atoms with Crippen LogP contribution in [0.15, 0.2) is 41.0 Å². The van der Waals surface area contributed by atoms with Crippen molar-refractivity contribution in [3.05, 3.63) is 48.0 Å². The van der Waals surface area contributed by atoms with E-state index < -0.39 is 0 Å². The van der Waals surface area contributed by atoms with Gasteiger partial charge in [-0.25, -0.2) is 4.98 Å². The van der Waals surface area contributed by atoms with Crippen LogP contribution in [0, 0.1) is 0 Å². The average Bonchev–Trinajstić information content (AvgIpc) is 3.07. The number of nitrogens with one attached hydrogen (secondary N) is 1. The van der Waals surface area contributed by atoms with Gasteiger partial charge >= 0.3 is 0 Å². The molecule has 2 aromatic heterocycles. The molecule has 0 atom stereocenters. The molecular weight excluding hydrogens is 280 g/mol. The third kappa shape index (κ3) is 3.46. The van der Waals surface area contributed by atoms with Crippen molar-refractivity contribution in [3.8, 4) is 0 Å². The molecule has 22 heavy (non-hydrogen) atoms. The highest BCUT2D eigenvalue weighted by atomic mass is 16.3. The van der Waals surface area contributed by atoms with Gasteiger partial charge in [0.2, 0.25) is 0 Å². The van der Waals surface area contributed by atoms with Crippen LogP contribution in [0.5, 0.6) is 0 Å². The fourth-order valence-electron chi connectivity index (χ4n) is 2.43. The molecule has 1 N–H and O–H groups in total. The summed E-state index contributed by atoms with van der Waals surface area (Å²) in [5.41, 5.74) is 0.433. The fourth-order valence-corrected chi connectivity index (χ4v) is 2.43. The maximum atomic E-state index is 12.2. The molecule has 116 valence electrons. The third-order valence-electron chi connectivity index (χ3n) is 3.80. The normalized spacial score (nSPS) is 15.8. The Labute approximate surface area is 129 Å². The van der Waals surface area contributed by atoms with E-state index in [1.165, 1.54) is 0 Å². The number of anilines is 1. The van der Waals surface area contributed by atoms with E-state index in [0.29, 0.717) is 12.2 Å². The van der Waals surface area contributed by atoms with Gasteiger partial charge in [-0.3, -0.25) is 4.79 Å². The Morgan fingerprint density at radius 1 is 1.23 bits per heavy atom. The first-order valence-electron chi connectivity index (χ1n) is 7.43. The second kappa shape index (κ2) is 6.62. The van der Waals surface area contributed by atoms with Crippen LogP contribution < -0.4 is 10.2 Å². The van der Waals surface area contributed by atoms with E-state index in [1.807, 2.05) is 18.2 Å². The summed E-state index contributed by atoms with van der Waals surface area (Å²) in [5, 5.41) is 2.82. The van der Waals surface area contributed by atoms with Gasteiger partial charge in [-0.1, -0.05) is 6.07 Å². The van der Waals surface area contributed by atoms with Gasteiger partial charge in [-0.2, -0.15) is 0 Å². The minimum atomic E-state index is -0.188. The molecule has 0 saturated carbocycles. The summed E-state index contributed by atoms with van der Waals surface area (Å²) in [6.45, 7) is 4.25. The van der Waals surface area contributed by atoms with E-state index in [-0.39, 0.29) is 5.91 Å². The lowest BCUT2D eigenvalue weighted by Crippen LogP contribution is -2.45. The highest BCUT2D eigenvalue weighted by molar-refractivity contribution is 5.92. The number of carbonyl (C=O) groups is 1.